The highest BCUT2D eigenvalue weighted by Crippen LogP contribution is 2.22. The second-order valence-corrected chi connectivity index (χ2v) is 20.7. The number of benzene rings is 3. The van der Waals surface area contributed by atoms with Crippen molar-refractivity contribution in [3.63, 3.8) is 0 Å². The van der Waals surface area contributed by atoms with Crippen LogP contribution in [0.15, 0.2) is 78.9 Å². The molecule has 3 aliphatic heterocycles. The van der Waals surface area contributed by atoms with E-state index in [2.05, 4.69) is 37.2 Å². The van der Waals surface area contributed by atoms with Crippen molar-refractivity contribution in [1.29, 1.82) is 0 Å². The first-order chi connectivity index (χ1) is 37.5. The summed E-state index contributed by atoms with van der Waals surface area (Å²) in [5, 5.41) is 19.8. The first-order valence-electron chi connectivity index (χ1n) is 27.7. The molecular weight excluding hydrogens is 995 g/mol. The number of amides is 8. The SMILES string of the molecule is CC(C)C[C@@H]1NC(=O)[C@H](CCCCN)NC(=O)[C@H](CCCCN)NC(=O)[C@H](Cc2ccccc2)NC(=O)[C@H](CCCCN)NC(=O)[C@H](CCCCN)NC(=O)[C@@H](N)Cc2ccc(cc2)-c2ccc(cc2)C[C@@H](C(N)=O)NC1=O. The van der Waals surface area contributed by atoms with Crippen LogP contribution in [0.5, 0.6) is 0 Å². The van der Waals surface area contributed by atoms with E-state index >= 15 is 0 Å². The molecule has 0 fully saturated rings. The maximum Gasteiger partial charge on any atom is 0.243 e. The lowest BCUT2D eigenvalue weighted by Crippen LogP contribution is -2.60. The molecule has 4 bridgehead atoms. The Kier molecular flexibility index (Phi) is 27.9. The van der Waals surface area contributed by atoms with Crippen molar-refractivity contribution < 1.29 is 38.4 Å². The third-order valence-electron chi connectivity index (χ3n) is 13.7. The van der Waals surface area contributed by atoms with Crippen molar-refractivity contribution in [3.05, 3.63) is 95.6 Å². The summed E-state index contributed by atoms with van der Waals surface area (Å²) in [5.74, 6) is -5.50. The zero-order valence-corrected chi connectivity index (χ0v) is 45.6. The molecule has 0 unspecified atom stereocenters. The third kappa shape index (κ3) is 21.9. The van der Waals surface area contributed by atoms with Gasteiger partial charge in [-0.05, 0) is 150 Å². The standard InChI is InChI=1S/C57H87N13O8/c1-36(2)32-48-56(77)68-47(50(63)71)34-39-22-26-41(27-23-39)40-24-20-38(21-25-40)33-42(62)51(72)64-43(16-6-10-28-58)52(73)65-46(19-9-13-31-61)55(76)70-49(35-37-14-4-3-5-15-37)57(78)67-44(17-7-11-29-59)53(74)66-45(54(75)69-48)18-8-12-30-60/h3-5,14-15,20-27,36,42-49H,6-13,16-19,28-35,58-62H2,1-2H3,(H2,63,71)(H,64,72)(H,65,73)(H,66,74)(H,67,78)(H,68,77)(H,69,75)(H,70,76)/t42-,43-,44-,45-,46-,47-,48-,49-/m0/s1. The van der Waals surface area contributed by atoms with Crippen molar-refractivity contribution >= 4 is 47.3 Å². The van der Waals surface area contributed by atoms with Gasteiger partial charge in [0.1, 0.15) is 42.3 Å². The zero-order valence-electron chi connectivity index (χ0n) is 45.6. The highest BCUT2D eigenvalue weighted by molar-refractivity contribution is 5.98. The van der Waals surface area contributed by atoms with Gasteiger partial charge in [0.25, 0.3) is 0 Å². The fraction of sp³-hybridized carbons (Fsp3) is 0.544. The van der Waals surface area contributed by atoms with Crippen LogP contribution in [0.3, 0.4) is 0 Å². The first-order valence-corrected chi connectivity index (χ1v) is 27.7. The Morgan fingerprint density at radius 1 is 0.449 bits per heavy atom. The Morgan fingerprint density at radius 2 is 0.795 bits per heavy atom. The van der Waals surface area contributed by atoms with Crippen LogP contribution in [0.1, 0.15) is 114 Å². The van der Waals surface area contributed by atoms with E-state index in [0.717, 1.165) is 16.7 Å². The van der Waals surface area contributed by atoms with Crippen molar-refractivity contribution in [2.24, 2.45) is 40.3 Å². The summed E-state index contributed by atoms with van der Waals surface area (Å²) >= 11 is 0. The van der Waals surface area contributed by atoms with Gasteiger partial charge in [-0.1, -0.05) is 92.7 Å². The maximum atomic E-state index is 14.6. The smallest absolute Gasteiger partial charge is 0.243 e. The minimum atomic E-state index is -1.28. The molecule has 3 heterocycles. The number of hydrogen-bond acceptors (Lipinski definition) is 13. The summed E-state index contributed by atoms with van der Waals surface area (Å²) in [7, 11) is 0. The number of fused-ring (bicyclic) bond motifs is 2. The van der Waals surface area contributed by atoms with Gasteiger partial charge in [0.05, 0.1) is 6.04 Å². The molecule has 428 valence electrons. The molecule has 3 aromatic carbocycles. The van der Waals surface area contributed by atoms with E-state index in [9.17, 15) is 38.4 Å². The molecule has 8 amide bonds. The van der Waals surface area contributed by atoms with Crippen LogP contribution in [0.4, 0.5) is 0 Å². The monoisotopic (exact) mass is 1080 g/mol. The Morgan fingerprint density at radius 3 is 1.18 bits per heavy atom. The maximum absolute atomic E-state index is 14.6. The average Bonchev–Trinajstić information content (AvgIpc) is 3.42. The Balaban J connectivity index is 1.79. The van der Waals surface area contributed by atoms with E-state index in [-0.39, 0.29) is 57.3 Å². The summed E-state index contributed by atoms with van der Waals surface area (Å²) < 4.78 is 0. The minimum absolute atomic E-state index is 0.0103. The van der Waals surface area contributed by atoms with E-state index in [1.807, 2.05) is 62.4 Å². The van der Waals surface area contributed by atoms with Crippen molar-refractivity contribution in [2.45, 2.75) is 165 Å². The van der Waals surface area contributed by atoms with Gasteiger partial charge in [-0.2, -0.15) is 0 Å². The fourth-order valence-corrected chi connectivity index (χ4v) is 9.19. The van der Waals surface area contributed by atoms with Gasteiger partial charge >= 0.3 is 0 Å². The topological polar surface area (TPSA) is 377 Å². The number of hydrogen-bond donors (Lipinski definition) is 13. The van der Waals surface area contributed by atoms with E-state index in [4.69, 9.17) is 34.4 Å². The summed E-state index contributed by atoms with van der Waals surface area (Å²) in [6, 6.07) is 14.5. The van der Waals surface area contributed by atoms with Gasteiger partial charge < -0.3 is 71.6 Å². The van der Waals surface area contributed by atoms with Gasteiger partial charge in [-0.25, -0.2) is 0 Å². The lowest BCUT2D eigenvalue weighted by molar-refractivity contribution is -0.136. The molecule has 78 heavy (non-hydrogen) atoms. The molecule has 0 spiro atoms. The van der Waals surface area contributed by atoms with Gasteiger partial charge in [0.2, 0.25) is 47.3 Å². The first kappa shape index (κ1) is 63.8. The number of rotatable bonds is 21. The zero-order chi connectivity index (χ0) is 57.0. The van der Waals surface area contributed by atoms with E-state index < -0.39 is 95.6 Å². The molecule has 0 aliphatic carbocycles. The number of unbranched alkanes of at least 4 members (excludes halogenated alkanes) is 4. The van der Waals surface area contributed by atoms with Crippen LogP contribution in [-0.4, -0.2) is 122 Å². The minimum Gasteiger partial charge on any atom is -0.368 e. The van der Waals surface area contributed by atoms with Crippen LogP contribution in [-0.2, 0) is 57.6 Å². The molecule has 0 saturated carbocycles. The summed E-state index contributed by atoms with van der Waals surface area (Å²) in [6.07, 6.45) is 4.81. The molecule has 6 rings (SSSR count). The highest BCUT2D eigenvalue weighted by atomic mass is 16.2. The van der Waals surface area contributed by atoms with Gasteiger partial charge in [0, 0.05) is 12.8 Å². The number of carbonyl (C=O) groups is 8. The van der Waals surface area contributed by atoms with Crippen LogP contribution in [0, 0.1) is 5.92 Å². The molecule has 0 saturated heterocycles. The Bertz CT molecular complexity index is 2370. The molecule has 21 nitrogen and oxygen atoms in total. The van der Waals surface area contributed by atoms with Crippen LogP contribution in [0.2, 0.25) is 0 Å². The molecule has 0 aromatic heterocycles. The molecular formula is C57H87N13O8. The second-order valence-electron chi connectivity index (χ2n) is 20.7. The fourth-order valence-electron chi connectivity index (χ4n) is 9.19. The lowest BCUT2D eigenvalue weighted by Gasteiger charge is -2.28. The predicted molar refractivity (Wildman–Crippen MR) is 301 cm³/mol. The Hall–Kier alpha value is -6.78. The molecule has 3 aromatic rings. The lowest BCUT2D eigenvalue weighted by atomic mass is 9.97. The second kappa shape index (κ2) is 34.2. The summed E-state index contributed by atoms with van der Waals surface area (Å²) in [6.45, 7) is 5.04. The highest BCUT2D eigenvalue weighted by Gasteiger charge is 2.35. The molecule has 21 heteroatoms. The van der Waals surface area contributed by atoms with Crippen molar-refractivity contribution in [3.8, 4) is 11.1 Å². The van der Waals surface area contributed by atoms with Gasteiger partial charge in [-0.15, -0.1) is 0 Å². The van der Waals surface area contributed by atoms with Crippen LogP contribution < -0.4 is 71.6 Å². The average molecular weight is 1080 g/mol. The summed E-state index contributed by atoms with van der Waals surface area (Å²) in [4.78, 5) is 113. The predicted octanol–water partition coefficient (Wildman–Crippen LogP) is 0.463. The number of nitrogens with two attached hydrogens (primary N) is 6. The van der Waals surface area contributed by atoms with Crippen LogP contribution in [0.25, 0.3) is 11.1 Å². The molecule has 3 aliphatic rings. The normalized spacial score (nSPS) is 22.7. The number of nitrogens with one attached hydrogen (secondary N) is 7. The third-order valence-corrected chi connectivity index (χ3v) is 13.7. The molecule has 8 atom stereocenters. The quantitative estimate of drug-likeness (QED) is 0.0646. The van der Waals surface area contributed by atoms with Crippen LogP contribution >= 0.6 is 0 Å². The number of carbonyl (C=O) groups excluding carboxylic acids is 8. The van der Waals surface area contributed by atoms with E-state index in [1.54, 1.807) is 30.3 Å². The Labute approximate surface area is 459 Å². The van der Waals surface area contributed by atoms with Gasteiger partial charge in [0.15, 0.2) is 0 Å². The van der Waals surface area contributed by atoms with Gasteiger partial charge in [-0.3, -0.25) is 38.4 Å². The molecule has 0 radical (unpaired) electrons. The largest absolute Gasteiger partial charge is 0.368 e. The summed E-state index contributed by atoms with van der Waals surface area (Å²) in [5.41, 5.74) is 39.5. The number of primary amides is 1. The van der Waals surface area contributed by atoms with E-state index in [1.165, 1.54) is 0 Å². The van der Waals surface area contributed by atoms with E-state index in [0.29, 0.717) is 88.7 Å². The van der Waals surface area contributed by atoms with Crippen molar-refractivity contribution in [2.75, 3.05) is 26.2 Å². The van der Waals surface area contributed by atoms with Crippen molar-refractivity contribution in [1.82, 2.24) is 37.2 Å². The molecule has 19 N–H and O–H groups in total.